The fourth-order valence-corrected chi connectivity index (χ4v) is 8.59. The third kappa shape index (κ3) is 7.30. The van der Waals surface area contributed by atoms with Gasteiger partial charge >= 0.3 is 6.09 Å². The zero-order valence-corrected chi connectivity index (χ0v) is 31.7. The summed E-state index contributed by atoms with van der Waals surface area (Å²) < 4.78 is 10.3. The minimum absolute atomic E-state index is 0.0152. The van der Waals surface area contributed by atoms with Crippen LogP contribution in [0.1, 0.15) is 76.1 Å². The number of methoxy groups -OCH3 is 1. The van der Waals surface area contributed by atoms with Crippen LogP contribution in [0.5, 0.6) is 0 Å². The second-order valence-electron chi connectivity index (χ2n) is 15.5. The van der Waals surface area contributed by atoms with E-state index >= 15 is 0 Å². The van der Waals surface area contributed by atoms with Gasteiger partial charge < -0.3 is 40.3 Å². The van der Waals surface area contributed by atoms with Crippen molar-refractivity contribution in [1.82, 2.24) is 35.1 Å². The van der Waals surface area contributed by atoms with E-state index in [0.29, 0.717) is 26.3 Å². The van der Waals surface area contributed by atoms with Crippen molar-refractivity contribution in [3.63, 3.8) is 0 Å². The third-order valence-electron chi connectivity index (χ3n) is 11.7. The number of nitrogens with one attached hydrogen (secondary N) is 3. The van der Waals surface area contributed by atoms with Crippen LogP contribution in [-0.4, -0.2) is 93.1 Å². The number of rotatable bonds is 9. The zero-order valence-electron chi connectivity index (χ0n) is 31.7. The Balaban J connectivity index is 0.975. The number of hydrogen-bond donors (Lipinski definition) is 4. The van der Waals surface area contributed by atoms with Gasteiger partial charge in [0.05, 0.1) is 48.2 Å². The molecule has 0 bridgehead atoms. The molecule has 0 radical (unpaired) electrons. The molecular weight excluding hydrogens is 697 g/mol. The molecule has 55 heavy (non-hydrogen) atoms. The van der Waals surface area contributed by atoms with E-state index < -0.39 is 18.2 Å². The lowest BCUT2D eigenvalue weighted by atomic mass is 9.91. The van der Waals surface area contributed by atoms with E-state index in [4.69, 9.17) is 25.2 Å². The van der Waals surface area contributed by atoms with E-state index in [1.807, 2.05) is 35.9 Å². The predicted molar refractivity (Wildman–Crippen MR) is 210 cm³/mol. The lowest BCUT2D eigenvalue weighted by molar-refractivity contribution is -0.136. The zero-order chi connectivity index (χ0) is 38.2. The number of alkyl carbamates (subject to hydrolysis) is 1. The number of aromatic nitrogens is 4. The number of nitrogens with two attached hydrogens (primary N) is 1. The van der Waals surface area contributed by atoms with E-state index in [1.54, 1.807) is 0 Å². The van der Waals surface area contributed by atoms with Gasteiger partial charge in [0.15, 0.2) is 0 Å². The van der Waals surface area contributed by atoms with Gasteiger partial charge in [0.25, 0.3) is 0 Å². The Hall–Kier alpha value is -5.27. The van der Waals surface area contributed by atoms with Gasteiger partial charge in [0.2, 0.25) is 11.8 Å². The Labute approximate surface area is 320 Å². The molecule has 3 saturated heterocycles. The first-order chi connectivity index (χ1) is 26.7. The van der Waals surface area contributed by atoms with Crippen LogP contribution in [0.25, 0.3) is 44.2 Å². The van der Waals surface area contributed by atoms with Gasteiger partial charge in [0.1, 0.15) is 17.7 Å². The molecule has 3 aromatic carbocycles. The lowest BCUT2D eigenvalue weighted by Crippen LogP contribution is -2.51. The number of H-pyrrole nitrogens is 2. The first-order valence-corrected chi connectivity index (χ1v) is 19.6. The fraction of sp³-hybridized carbons (Fsp3) is 0.452. The number of aromatic amines is 2. The average Bonchev–Trinajstić information content (AvgIpc) is 4.05. The Bertz CT molecular complexity index is 2210. The van der Waals surface area contributed by atoms with Crippen LogP contribution in [0.3, 0.4) is 0 Å². The third-order valence-corrected chi connectivity index (χ3v) is 11.7. The molecule has 3 fully saturated rings. The average molecular weight is 747 g/mol. The standard InChI is InChI=1S/C42H50N8O5/c1-24(2)37(48-42(53)54-3)41(52)50-17-4-6-34(50)38-44-23-33(47-38)30-11-10-26-20-27(8-9-28(26)21-30)29-12-13-31-32(22-29)46-39(45-31)35-7-5-16-49(35)40(51)36(43)25-14-18-55-19-15-25/h8-13,20-25,34-37H,4-7,14-19,43H2,1-3H3,(H,44,47)(H,45,46)(H,48,53)/t34-,35-,36-,37-/m0/s1. The van der Waals surface area contributed by atoms with E-state index in [2.05, 4.69) is 63.8 Å². The highest BCUT2D eigenvalue weighted by atomic mass is 16.5. The predicted octanol–water partition coefficient (Wildman–Crippen LogP) is 6.23. The smallest absolute Gasteiger partial charge is 0.407 e. The maximum absolute atomic E-state index is 13.6. The van der Waals surface area contributed by atoms with Gasteiger partial charge in [0, 0.05) is 31.9 Å². The number of ether oxygens (including phenoxy) is 2. The molecule has 8 rings (SSSR count). The van der Waals surface area contributed by atoms with Crippen LogP contribution in [0.15, 0.2) is 60.8 Å². The summed E-state index contributed by atoms with van der Waals surface area (Å²) in [5.41, 5.74) is 12.4. The maximum atomic E-state index is 13.6. The fourth-order valence-electron chi connectivity index (χ4n) is 8.59. The summed E-state index contributed by atoms with van der Waals surface area (Å²) in [6.45, 7) is 6.44. The maximum Gasteiger partial charge on any atom is 0.407 e. The van der Waals surface area contributed by atoms with Crippen LogP contribution in [0, 0.1) is 11.8 Å². The molecule has 3 amide bonds. The summed E-state index contributed by atoms with van der Waals surface area (Å²) in [4.78, 5) is 59.5. The van der Waals surface area contributed by atoms with Crippen LogP contribution >= 0.6 is 0 Å². The number of amides is 3. The normalized spacial score (nSPS) is 20.4. The molecule has 2 aromatic heterocycles. The van der Waals surface area contributed by atoms with Gasteiger partial charge in [-0.1, -0.05) is 44.2 Å². The largest absolute Gasteiger partial charge is 0.453 e. The minimum Gasteiger partial charge on any atom is -0.453 e. The molecular formula is C42H50N8O5. The van der Waals surface area contributed by atoms with Crippen molar-refractivity contribution in [1.29, 1.82) is 0 Å². The highest BCUT2D eigenvalue weighted by Crippen LogP contribution is 2.36. The molecule has 0 saturated carbocycles. The van der Waals surface area contributed by atoms with Gasteiger partial charge in [-0.15, -0.1) is 0 Å². The number of nitrogens with zero attached hydrogens (tertiary/aromatic N) is 4. The minimum atomic E-state index is -0.682. The summed E-state index contributed by atoms with van der Waals surface area (Å²) >= 11 is 0. The number of imidazole rings is 2. The molecule has 5 aromatic rings. The topological polar surface area (TPSA) is 172 Å². The lowest BCUT2D eigenvalue weighted by Gasteiger charge is -2.32. The number of hydrogen-bond acceptors (Lipinski definition) is 8. The van der Waals surface area contributed by atoms with Gasteiger partial charge in [-0.3, -0.25) is 9.59 Å². The van der Waals surface area contributed by atoms with Crippen molar-refractivity contribution in [2.24, 2.45) is 17.6 Å². The second kappa shape index (κ2) is 15.5. The first-order valence-electron chi connectivity index (χ1n) is 19.6. The Kier molecular flexibility index (Phi) is 10.3. The molecule has 5 heterocycles. The molecule has 288 valence electrons. The number of fused-ring (bicyclic) bond motifs is 2. The molecule has 0 unspecified atom stereocenters. The van der Waals surface area contributed by atoms with E-state index in [0.717, 1.165) is 94.4 Å². The van der Waals surface area contributed by atoms with Crippen molar-refractivity contribution in [3.05, 3.63) is 72.4 Å². The Morgan fingerprint density at radius 3 is 2.18 bits per heavy atom. The van der Waals surface area contributed by atoms with Crippen molar-refractivity contribution in [2.45, 2.75) is 76.5 Å². The van der Waals surface area contributed by atoms with E-state index in [-0.39, 0.29) is 35.7 Å². The molecule has 13 heteroatoms. The molecule has 0 aliphatic carbocycles. The number of benzene rings is 3. The monoisotopic (exact) mass is 746 g/mol. The van der Waals surface area contributed by atoms with Crippen molar-refractivity contribution in [2.75, 3.05) is 33.4 Å². The summed E-state index contributed by atoms with van der Waals surface area (Å²) in [5, 5.41) is 4.91. The number of carbonyl (C=O) groups is 3. The SMILES string of the molecule is COC(=O)N[C@H](C(=O)N1CCC[C@H]1c1ncc(-c2ccc3cc(-c4ccc5nc([C@@H]6CCCN6C(=O)[C@@H](N)C6CCOCC6)[nH]c5c4)ccc3c2)[nH]1)C(C)C. The molecule has 0 spiro atoms. The molecule has 13 nitrogen and oxygen atoms in total. The summed E-state index contributed by atoms with van der Waals surface area (Å²) in [5.74, 6) is 1.49. The van der Waals surface area contributed by atoms with E-state index in [1.165, 1.54) is 7.11 Å². The number of likely N-dealkylation sites (tertiary alicyclic amines) is 2. The van der Waals surface area contributed by atoms with Crippen LogP contribution in [-0.2, 0) is 19.1 Å². The quantitative estimate of drug-likeness (QED) is 0.137. The van der Waals surface area contributed by atoms with Crippen LogP contribution in [0.2, 0.25) is 0 Å². The van der Waals surface area contributed by atoms with Crippen LogP contribution in [0.4, 0.5) is 4.79 Å². The number of carbonyl (C=O) groups excluding carboxylic acids is 3. The van der Waals surface area contributed by atoms with Gasteiger partial charge in [-0.2, -0.15) is 0 Å². The van der Waals surface area contributed by atoms with Crippen molar-refractivity contribution >= 4 is 39.7 Å². The van der Waals surface area contributed by atoms with E-state index in [9.17, 15) is 14.4 Å². The molecule has 5 N–H and O–H groups in total. The highest BCUT2D eigenvalue weighted by molar-refractivity contribution is 5.92. The summed E-state index contributed by atoms with van der Waals surface area (Å²) in [7, 11) is 1.30. The van der Waals surface area contributed by atoms with Gasteiger partial charge in [-0.05, 0) is 96.5 Å². The Morgan fingerprint density at radius 1 is 0.836 bits per heavy atom. The summed E-state index contributed by atoms with van der Waals surface area (Å²) in [6.07, 6.45) is 6.29. The molecule has 4 atom stereocenters. The Morgan fingerprint density at radius 2 is 1.47 bits per heavy atom. The second-order valence-corrected chi connectivity index (χ2v) is 15.5. The van der Waals surface area contributed by atoms with Crippen LogP contribution < -0.4 is 11.1 Å². The molecule has 3 aliphatic rings. The highest BCUT2D eigenvalue weighted by Gasteiger charge is 2.39. The van der Waals surface area contributed by atoms with Gasteiger partial charge in [-0.25, -0.2) is 14.8 Å². The summed E-state index contributed by atoms with van der Waals surface area (Å²) in [6, 6.07) is 17.6. The molecule has 3 aliphatic heterocycles. The van der Waals surface area contributed by atoms with Crippen molar-refractivity contribution in [3.8, 4) is 22.4 Å². The van der Waals surface area contributed by atoms with Crippen molar-refractivity contribution < 1.29 is 23.9 Å². The first kappa shape index (κ1) is 36.7.